The van der Waals surface area contributed by atoms with Crippen molar-refractivity contribution in [3.8, 4) is 6.07 Å². The first kappa shape index (κ1) is 14.1. The first-order valence-corrected chi connectivity index (χ1v) is 6.92. The third-order valence-corrected chi connectivity index (χ3v) is 3.42. The van der Waals surface area contributed by atoms with E-state index in [1.54, 1.807) is 0 Å². The smallest absolute Gasteiger partial charge is 0.0991 e. The first-order chi connectivity index (χ1) is 9.60. The van der Waals surface area contributed by atoms with Gasteiger partial charge in [-0.25, -0.2) is 0 Å². The van der Waals surface area contributed by atoms with Crippen molar-refractivity contribution >= 4 is 5.69 Å². The van der Waals surface area contributed by atoms with Crippen LogP contribution in [-0.2, 0) is 6.54 Å². The summed E-state index contributed by atoms with van der Waals surface area (Å²) in [5.74, 6) is 0. The number of hydrogen-bond acceptors (Lipinski definition) is 2. The molecule has 0 amide bonds. The van der Waals surface area contributed by atoms with Gasteiger partial charge in [0.1, 0.15) is 0 Å². The predicted molar refractivity (Wildman–Crippen MR) is 83.7 cm³/mol. The zero-order valence-corrected chi connectivity index (χ0v) is 12.3. The molecular formula is C18H20N2. The molecule has 0 heterocycles. The Morgan fingerprint density at radius 1 is 1.00 bits per heavy atom. The number of rotatable bonds is 4. The third-order valence-electron chi connectivity index (χ3n) is 3.42. The van der Waals surface area contributed by atoms with Gasteiger partial charge in [-0.2, -0.15) is 5.26 Å². The van der Waals surface area contributed by atoms with Crippen LogP contribution in [0.15, 0.2) is 48.5 Å². The molecule has 0 atom stereocenters. The van der Waals surface area contributed by atoms with E-state index in [1.165, 1.54) is 16.8 Å². The summed E-state index contributed by atoms with van der Waals surface area (Å²) in [7, 11) is 0. The summed E-state index contributed by atoms with van der Waals surface area (Å²) in [5, 5.41) is 8.84. The summed E-state index contributed by atoms with van der Waals surface area (Å²) in [4.78, 5) is 2.36. The average Bonchev–Trinajstić information content (AvgIpc) is 2.46. The lowest BCUT2D eigenvalue weighted by molar-refractivity contribution is 0.682. The Hall–Kier alpha value is -2.27. The highest BCUT2D eigenvalue weighted by Gasteiger charge is 2.11. The van der Waals surface area contributed by atoms with E-state index in [-0.39, 0.29) is 0 Å². The fourth-order valence-corrected chi connectivity index (χ4v) is 2.19. The summed E-state index contributed by atoms with van der Waals surface area (Å²) in [6.07, 6.45) is 0. The second-order valence-corrected chi connectivity index (χ2v) is 5.37. The zero-order valence-electron chi connectivity index (χ0n) is 12.3. The molecule has 0 radical (unpaired) electrons. The Labute approximate surface area is 121 Å². The van der Waals surface area contributed by atoms with Gasteiger partial charge in [0, 0.05) is 18.3 Å². The number of nitrogens with zero attached hydrogens (tertiary/aromatic N) is 2. The van der Waals surface area contributed by atoms with Crippen LogP contribution in [0.4, 0.5) is 5.69 Å². The van der Waals surface area contributed by atoms with Crippen LogP contribution in [0, 0.1) is 18.3 Å². The fraction of sp³-hybridized carbons (Fsp3) is 0.278. The summed E-state index contributed by atoms with van der Waals surface area (Å²) in [5.41, 5.74) is 4.43. The van der Waals surface area contributed by atoms with E-state index >= 15 is 0 Å². The van der Waals surface area contributed by atoms with Crippen LogP contribution >= 0.6 is 0 Å². The molecule has 2 aromatic rings. The van der Waals surface area contributed by atoms with E-state index in [0.29, 0.717) is 11.6 Å². The Bertz CT molecular complexity index is 589. The summed E-state index contributed by atoms with van der Waals surface area (Å²) >= 11 is 0. The van der Waals surface area contributed by atoms with Crippen molar-refractivity contribution in [1.82, 2.24) is 0 Å². The quantitative estimate of drug-likeness (QED) is 0.824. The van der Waals surface area contributed by atoms with Crippen LogP contribution in [0.25, 0.3) is 0 Å². The molecule has 0 aromatic heterocycles. The van der Waals surface area contributed by atoms with Crippen molar-refractivity contribution in [3.05, 3.63) is 65.2 Å². The van der Waals surface area contributed by atoms with Gasteiger partial charge in [0.15, 0.2) is 0 Å². The second-order valence-electron chi connectivity index (χ2n) is 5.37. The predicted octanol–water partition coefficient (Wildman–Crippen LogP) is 4.28. The largest absolute Gasteiger partial charge is 0.365 e. The monoisotopic (exact) mass is 264 g/mol. The van der Waals surface area contributed by atoms with Gasteiger partial charge in [0.05, 0.1) is 11.6 Å². The van der Waals surface area contributed by atoms with Gasteiger partial charge >= 0.3 is 0 Å². The van der Waals surface area contributed by atoms with Crippen molar-refractivity contribution in [2.24, 2.45) is 0 Å². The minimum atomic E-state index is 0.424. The number of hydrogen-bond donors (Lipinski definition) is 0. The van der Waals surface area contributed by atoms with Crippen molar-refractivity contribution in [1.29, 1.82) is 5.26 Å². The fourth-order valence-electron chi connectivity index (χ4n) is 2.19. The highest BCUT2D eigenvalue weighted by molar-refractivity contribution is 5.49. The normalized spacial score (nSPS) is 10.3. The molecule has 0 saturated carbocycles. The first-order valence-electron chi connectivity index (χ1n) is 6.92. The molecule has 0 spiro atoms. The molecule has 2 aromatic carbocycles. The maximum absolute atomic E-state index is 8.84. The van der Waals surface area contributed by atoms with Crippen LogP contribution in [0.5, 0.6) is 0 Å². The van der Waals surface area contributed by atoms with Gasteiger partial charge in [-0.15, -0.1) is 0 Å². The van der Waals surface area contributed by atoms with Crippen molar-refractivity contribution in [3.63, 3.8) is 0 Å². The molecule has 0 saturated heterocycles. The average molecular weight is 264 g/mol. The highest BCUT2D eigenvalue weighted by atomic mass is 15.1. The molecule has 0 unspecified atom stereocenters. The maximum Gasteiger partial charge on any atom is 0.0991 e. The molecule has 2 heteroatoms. The SMILES string of the molecule is Cc1ccc(N(Cc2ccc(C#N)cc2)C(C)C)cc1. The Kier molecular flexibility index (Phi) is 4.42. The number of nitriles is 1. The van der Waals surface area contributed by atoms with Crippen LogP contribution in [0.2, 0.25) is 0 Å². The second kappa shape index (κ2) is 6.25. The van der Waals surface area contributed by atoms with E-state index in [9.17, 15) is 0 Å². The van der Waals surface area contributed by atoms with Crippen molar-refractivity contribution in [2.75, 3.05) is 4.90 Å². The van der Waals surface area contributed by atoms with Crippen LogP contribution in [0.1, 0.15) is 30.5 Å². The Morgan fingerprint density at radius 3 is 2.10 bits per heavy atom. The molecule has 0 N–H and O–H groups in total. The lowest BCUT2D eigenvalue weighted by Gasteiger charge is -2.29. The Balaban J connectivity index is 2.21. The van der Waals surface area contributed by atoms with Gasteiger partial charge in [-0.3, -0.25) is 0 Å². The molecule has 0 aliphatic rings. The van der Waals surface area contributed by atoms with E-state index in [0.717, 1.165) is 6.54 Å². The molecule has 0 aliphatic carbocycles. The summed E-state index contributed by atoms with van der Waals surface area (Å²) < 4.78 is 0. The van der Waals surface area contributed by atoms with E-state index in [4.69, 9.17) is 5.26 Å². The van der Waals surface area contributed by atoms with Crippen molar-refractivity contribution in [2.45, 2.75) is 33.4 Å². The summed E-state index contributed by atoms with van der Waals surface area (Å²) in [6, 6.07) is 19.0. The zero-order chi connectivity index (χ0) is 14.5. The van der Waals surface area contributed by atoms with E-state index in [1.807, 2.05) is 24.3 Å². The lowest BCUT2D eigenvalue weighted by Crippen LogP contribution is -2.30. The minimum Gasteiger partial charge on any atom is -0.365 e. The third kappa shape index (κ3) is 3.39. The minimum absolute atomic E-state index is 0.424. The van der Waals surface area contributed by atoms with E-state index < -0.39 is 0 Å². The summed E-state index contributed by atoms with van der Waals surface area (Å²) in [6.45, 7) is 7.35. The van der Waals surface area contributed by atoms with Gasteiger partial charge in [-0.1, -0.05) is 29.8 Å². The number of aryl methyl sites for hydroxylation is 1. The lowest BCUT2D eigenvalue weighted by atomic mass is 10.1. The van der Waals surface area contributed by atoms with Gasteiger partial charge in [0.25, 0.3) is 0 Å². The topological polar surface area (TPSA) is 27.0 Å². The molecule has 20 heavy (non-hydrogen) atoms. The molecule has 2 rings (SSSR count). The van der Waals surface area contributed by atoms with Gasteiger partial charge < -0.3 is 4.90 Å². The Morgan fingerprint density at radius 2 is 1.60 bits per heavy atom. The molecule has 0 fully saturated rings. The number of anilines is 1. The van der Waals surface area contributed by atoms with Crippen LogP contribution in [-0.4, -0.2) is 6.04 Å². The number of benzene rings is 2. The standard InChI is InChI=1S/C18H20N2/c1-14(2)20(18-10-4-15(3)5-11-18)13-17-8-6-16(12-19)7-9-17/h4-11,14H,13H2,1-3H3. The van der Waals surface area contributed by atoms with Crippen LogP contribution < -0.4 is 4.90 Å². The van der Waals surface area contributed by atoms with Crippen molar-refractivity contribution < 1.29 is 0 Å². The molecule has 2 nitrogen and oxygen atoms in total. The van der Waals surface area contributed by atoms with Gasteiger partial charge in [-0.05, 0) is 50.6 Å². The molecule has 0 bridgehead atoms. The van der Waals surface area contributed by atoms with Gasteiger partial charge in [0.2, 0.25) is 0 Å². The van der Waals surface area contributed by atoms with Crippen LogP contribution in [0.3, 0.4) is 0 Å². The molecule has 0 aliphatic heterocycles. The van der Waals surface area contributed by atoms with E-state index in [2.05, 4.69) is 56.0 Å². The maximum atomic E-state index is 8.84. The molecular weight excluding hydrogens is 244 g/mol. The highest BCUT2D eigenvalue weighted by Crippen LogP contribution is 2.20. The molecule has 102 valence electrons.